The Morgan fingerprint density at radius 1 is 1.32 bits per heavy atom. The molecule has 0 fully saturated rings. The molecule has 0 aliphatic rings. The zero-order valence-electron chi connectivity index (χ0n) is 10.5. The van der Waals surface area contributed by atoms with Crippen molar-refractivity contribution in [1.29, 1.82) is 0 Å². The van der Waals surface area contributed by atoms with E-state index in [9.17, 15) is 9.59 Å². The third-order valence-corrected chi connectivity index (χ3v) is 2.51. The lowest BCUT2D eigenvalue weighted by Gasteiger charge is -2.07. The normalized spacial score (nSPS) is 10.2. The summed E-state index contributed by atoms with van der Waals surface area (Å²) in [6.07, 6.45) is 1.83. The molecule has 19 heavy (non-hydrogen) atoms. The molecular formula is C13H15N3O3. The summed E-state index contributed by atoms with van der Waals surface area (Å²) in [4.78, 5) is 25.7. The maximum atomic E-state index is 11.6. The van der Waals surface area contributed by atoms with Crippen LogP contribution in [0.15, 0.2) is 30.5 Å². The van der Waals surface area contributed by atoms with Gasteiger partial charge in [-0.3, -0.25) is 4.79 Å². The van der Waals surface area contributed by atoms with Crippen LogP contribution in [0.5, 0.6) is 0 Å². The maximum Gasteiger partial charge on any atom is 0.325 e. The SMILES string of the molecule is CCOC(=O)CNC(=O)Nc1ccc2[nH]ccc2c1. The van der Waals surface area contributed by atoms with E-state index in [1.54, 1.807) is 13.0 Å². The predicted molar refractivity (Wildman–Crippen MR) is 72.0 cm³/mol. The third-order valence-electron chi connectivity index (χ3n) is 2.51. The predicted octanol–water partition coefficient (Wildman–Crippen LogP) is 1.85. The average molecular weight is 261 g/mol. The van der Waals surface area contributed by atoms with Crippen LogP contribution >= 0.6 is 0 Å². The number of benzene rings is 1. The van der Waals surface area contributed by atoms with Crippen LogP contribution in [-0.2, 0) is 9.53 Å². The standard InChI is InChI=1S/C13H15N3O3/c1-2-19-12(17)8-15-13(18)16-10-3-4-11-9(7-10)5-6-14-11/h3-7,14H,2,8H2,1H3,(H2,15,16,18). The van der Waals surface area contributed by atoms with Crippen molar-refractivity contribution in [2.75, 3.05) is 18.5 Å². The summed E-state index contributed by atoms with van der Waals surface area (Å²) in [5, 5.41) is 6.08. The summed E-state index contributed by atoms with van der Waals surface area (Å²) in [5.41, 5.74) is 1.66. The number of carbonyl (C=O) groups excluding carboxylic acids is 2. The highest BCUT2D eigenvalue weighted by Crippen LogP contribution is 2.17. The number of rotatable bonds is 4. The molecule has 0 saturated heterocycles. The minimum atomic E-state index is -0.460. The van der Waals surface area contributed by atoms with E-state index in [-0.39, 0.29) is 6.54 Å². The Labute approximate surface area is 110 Å². The molecule has 0 spiro atoms. The average Bonchev–Trinajstić information content (AvgIpc) is 2.84. The number of anilines is 1. The van der Waals surface area contributed by atoms with Crippen LogP contribution in [0, 0.1) is 0 Å². The number of nitrogens with one attached hydrogen (secondary N) is 3. The van der Waals surface area contributed by atoms with Gasteiger partial charge in [0.15, 0.2) is 0 Å². The Morgan fingerprint density at radius 3 is 2.95 bits per heavy atom. The van der Waals surface area contributed by atoms with Gasteiger partial charge in [-0.15, -0.1) is 0 Å². The summed E-state index contributed by atoms with van der Waals surface area (Å²) in [7, 11) is 0. The molecule has 0 bridgehead atoms. The lowest BCUT2D eigenvalue weighted by molar-refractivity contribution is -0.141. The van der Waals surface area contributed by atoms with Gasteiger partial charge >= 0.3 is 12.0 Å². The molecule has 1 heterocycles. The number of esters is 1. The molecule has 0 saturated carbocycles. The van der Waals surface area contributed by atoms with Crippen LogP contribution in [0.25, 0.3) is 10.9 Å². The number of urea groups is 1. The van der Waals surface area contributed by atoms with Gasteiger partial charge in [-0.2, -0.15) is 0 Å². The molecule has 6 heteroatoms. The van der Waals surface area contributed by atoms with Crippen molar-refractivity contribution in [1.82, 2.24) is 10.3 Å². The van der Waals surface area contributed by atoms with E-state index >= 15 is 0 Å². The number of aromatic amines is 1. The minimum Gasteiger partial charge on any atom is -0.465 e. The molecular weight excluding hydrogens is 246 g/mol. The van der Waals surface area contributed by atoms with Crippen molar-refractivity contribution >= 4 is 28.6 Å². The van der Waals surface area contributed by atoms with Crippen LogP contribution in [0.3, 0.4) is 0 Å². The number of amides is 2. The Balaban J connectivity index is 1.89. The number of ether oxygens (including phenoxy) is 1. The Kier molecular flexibility index (Phi) is 4.02. The molecule has 6 nitrogen and oxygen atoms in total. The molecule has 2 aromatic rings. The Hall–Kier alpha value is -2.50. The topological polar surface area (TPSA) is 83.2 Å². The molecule has 0 atom stereocenters. The first-order valence-electron chi connectivity index (χ1n) is 5.96. The first-order chi connectivity index (χ1) is 9.19. The van der Waals surface area contributed by atoms with Gasteiger partial charge in [-0.25, -0.2) is 4.79 Å². The van der Waals surface area contributed by atoms with Gasteiger partial charge in [0.05, 0.1) is 6.61 Å². The molecule has 1 aromatic carbocycles. The smallest absolute Gasteiger partial charge is 0.325 e. The van der Waals surface area contributed by atoms with Crippen LogP contribution in [-0.4, -0.2) is 30.1 Å². The van der Waals surface area contributed by atoms with E-state index in [0.29, 0.717) is 12.3 Å². The van der Waals surface area contributed by atoms with E-state index < -0.39 is 12.0 Å². The quantitative estimate of drug-likeness (QED) is 0.734. The van der Waals surface area contributed by atoms with E-state index in [0.717, 1.165) is 10.9 Å². The van der Waals surface area contributed by atoms with Crippen molar-refractivity contribution in [3.8, 4) is 0 Å². The number of fused-ring (bicyclic) bond motifs is 1. The fraction of sp³-hybridized carbons (Fsp3) is 0.231. The zero-order valence-corrected chi connectivity index (χ0v) is 10.5. The van der Waals surface area contributed by atoms with Crippen molar-refractivity contribution < 1.29 is 14.3 Å². The van der Waals surface area contributed by atoms with E-state index in [1.807, 2.05) is 24.4 Å². The highest BCUT2D eigenvalue weighted by atomic mass is 16.5. The van der Waals surface area contributed by atoms with E-state index in [1.165, 1.54) is 0 Å². The van der Waals surface area contributed by atoms with Gasteiger partial charge in [0.2, 0.25) is 0 Å². The van der Waals surface area contributed by atoms with Crippen molar-refractivity contribution in [3.63, 3.8) is 0 Å². The molecule has 3 N–H and O–H groups in total. The lowest BCUT2D eigenvalue weighted by Crippen LogP contribution is -2.34. The maximum absolute atomic E-state index is 11.6. The van der Waals surface area contributed by atoms with Gasteiger partial charge in [0.1, 0.15) is 6.54 Å². The highest BCUT2D eigenvalue weighted by Gasteiger charge is 2.06. The number of aromatic nitrogens is 1. The molecule has 2 amide bonds. The Morgan fingerprint density at radius 2 is 2.16 bits per heavy atom. The highest BCUT2D eigenvalue weighted by molar-refractivity contribution is 5.94. The monoisotopic (exact) mass is 261 g/mol. The molecule has 100 valence electrons. The van der Waals surface area contributed by atoms with E-state index in [2.05, 4.69) is 15.6 Å². The summed E-state index contributed by atoms with van der Waals surface area (Å²) < 4.78 is 4.70. The fourth-order valence-electron chi connectivity index (χ4n) is 1.67. The summed E-state index contributed by atoms with van der Waals surface area (Å²) >= 11 is 0. The lowest BCUT2D eigenvalue weighted by atomic mass is 10.2. The summed E-state index contributed by atoms with van der Waals surface area (Å²) in [5.74, 6) is -0.460. The summed E-state index contributed by atoms with van der Waals surface area (Å²) in [6, 6.07) is 6.97. The molecule has 0 aliphatic carbocycles. The van der Waals surface area contributed by atoms with Crippen molar-refractivity contribution in [2.45, 2.75) is 6.92 Å². The first kappa shape index (κ1) is 12.9. The van der Waals surface area contributed by atoms with E-state index in [4.69, 9.17) is 4.74 Å². The van der Waals surface area contributed by atoms with Crippen molar-refractivity contribution in [3.05, 3.63) is 30.5 Å². The van der Waals surface area contributed by atoms with Crippen LogP contribution in [0.2, 0.25) is 0 Å². The second-order valence-corrected chi connectivity index (χ2v) is 3.89. The van der Waals surface area contributed by atoms with Gasteiger partial charge in [-0.05, 0) is 31.2 Å². The van der Waals surface area contributed by atoms with Gasteiger partial charge < -0.3 is 20.4 Å². The zero-order chi connectivity index (χ0) is 13.7. The summed E-state index contributed by atoms with van der Waals surface area (Å²) in [6.45, 7) is 1.86. The molecule has 0 radical (unpaired) electrons. The number of hydrogen-bond donors (Lipinski definition) is 3. The largest absolute Gasteiger partial charge is 0.465 e. The molecule has 0 unspecified atom stereocenters. The minimum absolute atomic E-state index is 0.147. The molecule has 1 aromatic heterocycles. The number of hydrogen-bond acceptors (Lipinski definition) is 3. The van der Waals surface area contributed by atoms with Crippen LogP contribution in [0.4, 0.5) is 10.5 Å². The van der Waals surface area contributed by atoms with Crippen LogP contribution < -0.4 is 10.6 Å². The molecule has 2 rings (SSSR count). The van der Waals surface area contributed by atoms with Gasteiger partial charge in [0, 0.05) is 22.8 Å². The fourth-order valence-corrected chi connectivity index (χ4v) is 1.67. The third kappa shape index (κ3) is 3.48. The Bertz CT molecular complexity index is 592. The van der Waals surface area contributed by atoms with Crippen LogP contribution in [0.1, 0.15) is 6.92 Å². The molecule has 0 aliphatic heterocycles. The number of carbonyl (C=O) groups is 2. The first-order valence-corrected chi connectivity index (χ1v) is 5.96. The van der Waals surface area contributed by atoms with Gasteiger partial charge in [0.25, 0.3) is 0 Å². The van der Waals surface area contributed by atoms with Gasteiger partial charge in [-0.1, -0.05) is 0 Å². The second-order valence-electron chi connectivity index (χ2n) is 3.89. The second kappa shape index (κ2) is 5.90. The van der Waals surface area contributed by atoms with Crippen molar-refractivity contribution in [2.24, 2.45) is 0 Å². The number of H-pyrrole nitrogens is 1.